The predicted octanol–water partition coefficient (Wildman–Crippen LogP) is 2.07. The van der Waals surface area contributed by atoms with Gasteiger partial charge < -0.3 is 16.3 Å². The van der Waals surface area contributed by atoms with Gasteiger partial charge in [-0.2, -0.15) is 0 Å². The Labute approximate surface area is 104 Å². The van der Waals surface area contributed by atoms with Crippen LogP contribution in [0, 0.1) is 11.3 Å². The zero-order valence-electron chi connectivity index (χ0n) is 10.8. The second kappa shape index (κ2) is 5.25. The van der Waals surface area contributed by atoms with Crippen molar-refractivity contribution in [1.29, 1.82) is 0 Å². The molecular weight excluding hydrogens is 214 g/mol. The summed E-state index contributed by atoms with van der Waals surface area (Å²) in [5.74, 6) is 1.17. The Morgan fingerprint density at radius 2 is 2.12 bits per heavy atom. The van der Waals surface area contributed by atoms with Gasteiger partial charge in [0.15, 0.2) is 0 Å². The van der Waals surface area contributed by atoms with Gasteiger partial charge >= 0.3 is 0 Å². The molecule has 0 aromatic carbocycles. The Kier molecular flexibility index (Phi) is 3.92. The summed E-state index contributed by atoms with van der Waals surface area (Å²) in [6.45, 7) is 3.37. The van der Waals surface area contributed by atoms with Crippen LogP contribution in [0.15, 0.2) is 5.16 Å². The van der Waals surface area contributed by atoms with E-state index in [9.17, 15) is 0 Å². The SMILES string of the molecule is CC1CCCCC1NCC1(CC(N)=NO)CC1. The lowest BCUT2D eigenvalue weighted by atomic mass is 9.85. The summed E-state index contributed by atoms with van der Waals surface area (Å²) in [5, 5.41) is 15.4. The molecule has 17 heavy (non-hydrogen) atoms. The maximum atomic E-state index is 8.63. The van der Waals surface area contributed by atoms with Crippen LogP contribution in [0.3, 0.4) is 0 Å². The molecule has 2 aliphatic carbocycles. The van der Waals surface area contributed by atoms with E-state index in [-0.39, 0.29) is 5.41 Å². The fraction of sp³-hybridized carbons (Fsp3) is 0.923. The van der Waals surface area contributed by atoms with Crippen LogP contribution >= 0.6 is 0 Å². The Balaban J connectivity index is 1.77. The van der Waals surface area contributed by atoms with Crippen LogP contribution in [0.4, 0.5) is 0 Å². The number of amidine groups is 1. The molecule has 0 aromatic heterocycles. The molecule has 4 nitrogen and oxygen atoms in total. The van der Waals surface area contributed by atoms with E-state index in [2.05, 4.69) is 17.4 Å². The summed E-state index contributed by atoms with van der Waals surface area (Å²) >= 11 is 0. The van der Waals surface area contributed by atoms with Crippen molar-refractivity contribution in [2.45, 2.75) is 57.9 Å². The molecule has 0 spiro atoms. The molecule has 2 aliphatic rings. The Bertz CT molecular complexity index is 286. The molecule has 2 saturated carbocycles. The van der Waals surface area contributed by atoms with Crippen LogP contribution in [-0.4, -0.2) is 23.6 Å². The Hall–Kier alpha value is -0.770. The van der Waals surface area contributed by atoms with E-state index in [1.165, 1.54) is 38.5 Å². The highest BCUT2D eigenvalue weighted by Crippen LogP contribution is 2.48. The molecule has 0 saturated heterocycles. The molecule has 4 N–H and O–H groups in total. The first kappa shape index (κ1) is 12.7. The number of rotatable bonds is 5. The highest BCUT2D eigenvalue weighted by Gasteiger charge is 2.43. The van der Waals surface area contributed by atoms with Crippen LogP contribution in [0.1, 0.15) is 51.9 Å². The predicted molar refractivity (Wildman–Crippen MR) is 69.1 cm³/mol. The number of nitrogens with two attached hydrogens (primary N) is 1. The number of hydrogen-bond acceptors (Lipinski definition) is 3. The molecule has 0 aliphatic heterocycles. The van der Waals surface area contributed by atoms with Crippen molar-refractivity contribution in [1.82, 2.24) is 5.32 Å². The van der Waals surface area contributed by atoms with Gasteiger partial charge in [-0.25, -0.2) is 0 Å². The maximum Gasteiger partial charge on any atom is 0.139 e. The average Bonchev–Trinajstić information content (AvgIpc) is 3.08. The normalized spacial score (nSPS) is 32.4. The van der Waals surface area contributed by atoms with Crippen molar-refractivity contribution in [3.63, 3.8) is 0 Å². The van der Waals surface area contributed by atoms with Crippen molar-refractivity contribution < 1.29 is 5.21 Å². The summed E-state index contributed by atoms with van der Waals surface area (Å²) in [4.78, 5) is 0. The zero-order valence-corrected chi connectivity index (χ0v) is 10.8. The van der Waals surface area contributed by atoms with E-state index < -0.39 is 0 Å². The van der Waals surface area contributed by atoms with E-state index in [1.807, 2.05) is 0 Å². The second-order valence-corrected chi connectivity index (χ2v) is 6.02. The molecule has 2 atom stereocenters. The van der Waals surface area contributed by atoms with E-state index >= 15 is 0 Å². The molecule has 0 bridgehead atoms. The standard InChI is InChI=1S/C13H25N3O/c1-10-4-2-3-5-11(10)15-9-13(6-7-13)8-12(14)16-17/h10-11,15,17H,2-9H2,1H3,(H2,14,16). The van der Waals surface area contributed by atoms with Crippen molar-refractivity contribution >= 4 is 5.84 Å². The van der Waals surface area contributed by atoms with Crippen molar-refractivity contribution in [2.24, 2.45) is 22.2 Å². The zero-order chi connectivity index (χ0) is 12.3. The summed E-state index contributed by atoms with van der Waals surface area (Å²) < 4.78 is 0. The van der Waals surface area contributed by atoms with Gasteiger partial charge in [-0.1, -0.05) is 24.9 Å². The third-order valence-corrected chi connectivity index (χ3v) is 4.49. The third-order valence-electron chi connectivity index (χ3n) is 4.49. The van der Waals surface area contributed by atoms with Gasteiger partial charge in [0.2, 0.25) is 0 Å². The van der Waals surface area contributed by atoms with Crippen molar-refractivity contribution in [3.8, 4) is 0 Å². The van der Waals surface area contributed by atoms with E-state index in [4.69, 9.17) is 10.9 Å². The quantitative estimate of drug-likeness (QED) is 0.298. The largest absolute Gasteiger partial charge is 0.409 e. The number of hydrogen-bond donors (Lipinski definition) is 3. The minimum Gasteiger partial charge on any atom is -0.409 e. The summed E-state index contributed by atoms with van der Waals surface area (Å²) in [5.41, 5.74) is 5.89. The van der Waals surface area contributed by atoms with Gasteiger partial charge in [-0.05, 0) is 37.0 Å². The number of nitrogens with one attached hydrogen (secondary N) is 1. The molecule has 0 amide bonds. The lowest BCUT2D eigenvalue weighted by Gasteiger charge is -2.31. The average molecular weight is 239 g/mol. The van der Waals surface area contributed by atoms with Gasteiger partial charge in [0.05, 0.1) is 0 Å². The van der Waals surface area contributed by atoms with Gasteiger partial charge in [0, 0.05) is 19.0 Å². The molecular formula is C13H25N3O. The molecule has 2 unspecified atom stereocenters. The van der Waals surface area contributed by atoms with Crippen LogP contribution in [0.5, 0.6) is 0 Å². The molecule has 0 heterocycles. The fourth-order valence-electron chi connectivity index (χ4n) is 2.98. The first-order valence-electron chi connectivity index (χ1n) is 6.85. The topological polar surface area (TPSA) is 70.6 Å². The minimum absolute atomic E-state index is 0.285. The van der Waals surface area contributed by atoms with Crippen LogP contribution in [-0.2, 0) is 0 Å². The summed E-state index contributed by atoms with van der Waals surface area (Å²) in [7, 11) is 0. The number of oxime groups is 1. The summed E-state index contributed by atoms with van der Waals surface area (Å²) in [6.07, 6.45) is 8.54. The summed E-state index contributed by atoms with van der Waals surface area (Å²) in [6, 6.07) is 0.675. The molecule has 0 radical (unpaired) electrons. The lowest BCUT2D eigenvalue weighted by Crippen LogP contribution is -2.41. The van der Waals surface area contributed by atoms with Gasteiger partial charge in [0.25, 0.3) is 0 Å². The van der Waals surface area contributed by atoms with Crippen LogP contribution < -0.4 is 11.1 Å². The Morgan fingerprint density at radius 1 is 1.41 bits per heavy atom. The van der Waals surface area contributed by atoms with Crippen molar-refractivity contribution in [3.05, 3.63) is 0 Å². The van der Waals surface area contributed by atoms with Crippen LogP contribution in [0.2, 0.25) is 0 Å². The van der Waals surface area contributed by atoms with Gasteiger partial charge in [0.1, 0.15) is 5.84 Å². The highest BCUT2D eigenvalue weighted by molar-refractivity contribution is 5.80. The van der Waals surface area contributed by atoms with Crippen molar-refractivity contribution in [2.75, 3.05) is 6.54 Å². The number of nitrogens with zero attached hydrogens (tertiary/aromatic N) is 1. The monoisotopic (exact) mass is 239 g/mol. The fourth-order valence-corrected chi connectivity index (χ4v) is 2.98. The van der Waals surface area contributed by atoms with Gasteiger partial charge in [-0.15, -0.1) is 0 Å². The third kappa shape index (κ3) is 3.35. The minimum atomic E-state index is 0.285. The second-order valence-electron chi connectivity index (χ2n) is 6.02. The van der Waals surface area contributed by atoms with E-state index in [1.54, 1.807) is 0 Å². The molecule has 2 fully saturated rings. The smallest absolute Gasteiger partial charge is 0.139 e. The molecule has 2 rings (SSSR count). The lowest BCUT2D eigenvalue weighted by molar-refractivity contribution is 0.263. The first-order valence-corrected chi connectivity index (χ1v) is 6.85. The van der Waals surface area contributed by atoms with Gasteiger partial charge in [-0.3, -0.25) is 0 Å². The molecule has 0 aromatic rings. The van der Waals surface area contributed by atoms with Crippen LogP contribution in [0.25, 0.3) is 0 Å². The first-order chi connectivity index (χ1) is 8.15. The van der Waals surface area contributed by atoms with E-state index in [0.29, 0.717) is 11.9 Å². The van der Waals surface area contributed by atoms with E-state index in [0.717, 1.165) is 18.9 Å². The molecule has 4 heteroatoms. The molecule has 98 valence electrons. The highest BCUT2D eigenvalue weighted by atomic mass is 16.4. The Morgan fingerprint density at radius 3 is 2.71 bits per heavy atom. The maximum absolute atomic E-state index is 8.63.